The van der Waals surface area contributed by atoms with Crippen LogP contribution in [0.15, 0.2) is 41.8 Å². The number of halogens is 3. The summed E-state index contributed by atoms with van der Waals surface area (Å²) in [4.78, 5) is 4.19. The molecule has 1 unspecified atom stereocenters. The summed E-state index contributed by atoms with van der Waals surface area (Å²) in [5.74, 6) is 0.600. The van der Waals surface area contributed by atoms with Crippen LogP contribution in [0, 0.1) is 0 Å². The van der Waals surface area contributed by atoms with Gasteiger partial charge in [-0.3, -0.25) is 0 Å². The first-order valence-electron chi connectivity index (χ1n) is 6.36. The van der Waals surface area contributed by atoms with Crippen molar-refractivity contribution < 1.29 is 13.2 Å². The first kappa shape index (κ1) is 15.9. The SMILES string of the molecule is CNC(CSc1nccn1C)c1cccc(C(F)(F)F)c1. The Kier molecular flexibility index (Phi) is 4.95. The molecule has 1 aromatic heterocycles. The highest BCUT2D eigenvalue weighted by Crippen LogP contribution is 2.31. The molecular weight excluding hydrogens is 299 g/mol. The first-order valence-corrected chi connectivity index (χ1v) is 7.35. The van der Waals surface area contributed by atoms with Gasteiger partial charge in [-0.05, 0) is 24.7 Å². The Hall–Kier alpha value is -1.47. The molecule has 0 radical (unpaired) electrons. The summed E-state index contributed by atoms with van der Waals surface area (Å²) >= 11 is 1.50. The number of nitrogens with one attached hydrogen (secondary N) is 1. The predicted octanol–water partition coefficient (Wildman–Crippen LogP) is 3.49. The zero-order valence-corrected chi connectivity index (χ0v) is 12.5. The fourth-order valence-corrected chi connectivity index (χ4v) is 3.00. The van der Waals surface area contributed by atoms with E-state index in [4.69, 9.17) is 0 Å². The van der Waals surface area contributed by atoms with Crippen LogP contribution in [0.3, 0.4) is 0 Å². The molecule has 7 heteroatoms. The van der Waals surface area contributed by atoms with Gasteiger partial charge in [-0.15, -0.1) is 0 Å². The van der Waals surface area contributed by atoms with Crippen LogP contribution in [-0.2, 0) is 13.2 Å². The second kappa shape index (κ2) is 6.53. The van der Waals surface area contributed by atoms with Crippen molar-refractivity contribution in [2.75, 3.05) is 12.8 Å². The zero-order chi connectivity index (χ0) is 15.5. The largest absolute Gasteiger partial charge is 0.416 e. The van der Waals surface area contributed by atoms with E-state index in [1.54, 1.807) is 19.3 Å². The maximum absolute atomic E-state index is 12.8. The van der Waals surface area contributed by atoms with Crippen LogP contribution in [0.2, 0.25) is 0 Å². The molecule has 0 aliphatic heterocycles. The summed E-state index contributed by atoms with van der Waals surface area (Å²) in [5, 5.41) is 3.89. The van der Waals surface area contributed by atoms with E-state index in [1.165, 1.54) is 23.9 Å². The van der Waals surface area contributed by atoms with Crippen molar-refractivity contribution >= 4 is 11.8 Å². The number of benzene rings is 1. The quantitative estimate of drug-likeness (QED) is 0.857. The van der Waals surface area contributed by atoms with Crippen LogP contribution < -0.4 is 5.32 Å². The van der Waals surface area contributed by atoms with Crippen molar-refractivity contribution in [1.82, 2.24) is 14.9 Å². The fourth-order valence-electron chi connectivity index (χ4n) is 1.93. The third-order valence-corrected chi connectivity index (χ3v) is 4.27. The van der Waals surface area contributed by atoms with E-state index in [-0.39, 0.29) is 6.04 Å². The van der Waals surface area contributed by atoms with Crippen molar-refractivity contribution in [2.24, 2.45) is 7.05 Å². The fraction of sp³-hybridized carbons (Fsp3) is 0.357. The van der Waals surface area contributed by atoms with Crippen LogP contribution >= 0.6 is 11.8 Å². The van der Waals surface area contributed by atoms with Crippen molar-refractivity contribution in [2.45, 2.75) is 17.4 Å². The first-order chi connectivity index (χ1) is 9.91. The van der Waals surface area contributed by atoms with Crippen molar-refractivity contribution in [3.05, 3.63) is 47.8 Å². The highest BCUT2D eigenvalue weighted by molar-refractivity contribution is 7.99. The predicted molar refractivity (Wildman–Crippen MR) is 77.2 cm³/mol. The van der Waals surface area contributed by atoms with Crippen LogP contribution in [0.4, 0.5) is 13.2 Å². The number of nitrogens with zero attached hydrogens (tertiary/aromatic N) is 2. The third kappa shape index (κ3) is 4.01. The molecule has 0 fully saturated rings. The van der Waals surface area contributed by atoms with Gasteiger partial charge in [0.2, 0.25) is 0 Å². The maximum Gasteiger partial charge on any atom is 0.416 e. The zero-order valence-electron chi connectivity index (χ0n) is 11.7. The maximum atomic E-state index is 12.8. The Morgan fingerprint density at radius 3 is 2.71 bits per heavy atom. The number of aryl methyl sites for hydroxylation is 1. The minimum atomic E-state index is -4.32. The minimum Gasteiger partial charge on any atom is -0.329 e. The highest BCUT2D eigenvalue weighted by atomic mass is 32.2. The summed E-state index contributed by atoms with van der Waals surface area (Å²) in [7, 11) is 3.62. The molecule has 0 amide bonds. The average Bonchev–Trinajstić information content (AvgIpc) is 2.84. The number of thioether (sulfide) groups is 1. The van der Waals surface area contributed by atoms with E-state index in [0.717, 1.165) is 11.2 Å². The van der Waals surface area contributed by atoms with Crippen LogP contribution in [0.25, 0.3) is 0 Å². The van der Waals surface area contributed by atoms with Crippen LogP contribution in [0.1, 0.15) is 17.2 Å². The van der Waals surface area contributed by atoms with Gasteiger partial charge in [-0.25, -0.2) is 4.98 Å². The molecule has 0 aliphatic rings. The lowest BCUT2D eigenvalue weighted by molar-refractivity contribution is -0.137. The Bertz CT molecular complexity index is 595. The average molecular weight is 315 g/mol. The Balaban J connectivity index is 2.12. The molecule has 2 rings (SSSR count). The molecule has 0 spiro atoms. The summed E-state index contributed by atoms with van der Waals surface area (Å²) in [6.45, 7) is 0. The molecule has 0 bridgehead atoms. The second-order valence-electron chi connectivity index (χ2n) is 4.60. The van der Waals surface area contributed by atoms with Gasteiger partial charge in [0, 0.05) is 31.2 Å². The monoisotopic (exact) mass is 315 g/mol. The van der Waals surface area contributed by atoms with Gasteiger partial charge in [0.1, 0.15) is 0 Å². The van der Waals surface area contributed by atoms with E-state index in [1.807, 2.05) is 17.8 Å². The molecule has 0 saturated carbocycles. The molecule has 114 valence electrons. The van der Waals surface area contributed by atoms with Gasteiger partial charge in [0.05, 0.1) is 5.56 Å². The van der Waals surface area contributed by atoms with Gasteiger partial charge in [0.15, 0.2) is 5.16 Å². The van der Waals surface area contributed by atoms with E-state index in [9.17, 15) is 13.2 Å². The number of hydrogen-bond acceptors (Lipinski definition) is 3. The van der Waals surface area contributed by atoms with Gasteiger partial charge in [-0.2, -0.15) is 13.2 Å². The lowest BCUT2D eigenvalue weighted by Gasteiger charge is -2.17. The van der Waals surface area contributed by atoms with Crippen molar-refractivity contribution in [3.8, 4) is 0 Å². The molecule has 1 aromatic carbocycles. The number of rotatable bonds is 5. The molecule has 1 heterocycles. The molecule has 3 nitrogen and oxygen atoms in total. The molecule has 0 aliphatic carbocycles. The number of imidazole rings is 1. The van der Waals surface area contributed by atoms with Gasteiger partial charge in [-0.1, -0.05) is 23.9 Å². The molecule has 2 aromatic rings. The molecule has 0 saturated heterocycles. The van der Waals surface area contributed by atoms with Crippen molar-refractivity contribution in [1.29, 1.82) is 0 Å². The number of hydrogen-bond donors (Lipinski definition) is 1. The lowest BCUT2D eigenvalue weighted by Crippen LogP contribution is -2.19. The summed E-state index contributed by atoms with van der Waals surface area (Å²) < 4.78 is 40.2. The Morgan fingerprint density at radius 2 is 2.14 bits per heavy atom. The molecular formula is C14H16F3N3S. The molecule has 1 N–H and O–H groups in total. The third-order valence-electron chi connectivity index (χ3n) is 3.12. The Labute approximate surface area is 125 Å². The normalized spacial score (nSPS) is 13.4. The topological polar surface area (TPSA) is 29.9 Å². The van der Waals surface area contributed by atoms with Crippen molar-refractivity contribution in [3.63, 3.8) is 0 Å². The van der Waals surface area contributed by atoms with Crippen LogP contribution in [-0.4, -0.2) is 22.4 Å². The standard InChI is InChI=1S/C14H16F3N3S/c1-18-12(9-21-13-19-6-7-20(13)2)10-4-3-5-11(8-10)14(15,16)17/h3-8,12,18H,9H2,1-2H3. The van der Waals surface area contributed by atoms with Gasteiger partial charge >= 0.3 is 6.18 Å². The number of alkyl halides is 3. The van der Waals surface area contributed by atoms with Crippen LogP contribution in [0.5, 0.6) is 0 Å². The number of aromatic nitrogens is 2. The van der Waals surface area contributed by atoms with E-state index in [2.05, 4.69) is 10.3 Å². The molecule has 21 heavy (non-hydrogen) atoms. The van der Waals surface area contributed by atoms with E-state index >= 15 is 0 Å². The van der Waals surface area contributed by atoms with E-state index in [0.29, 0.717) is 11.3 Å². The van der Waals surface area contributed by atoms with Gasteiger partial charge < -0.3 is 9.88 Å². The summed E-state index contributed by atoms with van der Waals surface area (Å²) in [6, 6.07) is 5.25. The highest BCUT2D eigenvalue weighted by Gasteiger charge is 2.30. The second-order valence-corrected chi connectivity index (χ2v) is 5.58. The summed E-state index contributed by atoms with van der Waals surface area (Å²) in [5.41, 5.74) is -0.00345. The molecule has 1 atom stereocenters. The summed E-state index contributed by atoms with van der Waals surface area (Å²) in [6.07, 6.45) is -0.789. The van der Waals surface area contributed by atoms with E-state index < -0.39 is 11.7 Å². The Morgan fingerprint density at radius 1 is 1.38 bits per heavy atom. The minimum absolute atomic E-state index is 0.172. The lowest BCUT2D eigenvalue weighted by atomic mass is 10.1. The smallest absolute Gasteiger partial charge is 0.329 e. The van der Waals surface area contributed by atoms with Gasteiger partial charge in [0.25, 0.3) is 0 Å².